The maximum atomic E-state index is 6.17. The van der Waals surface area contributed by atoms with Gasteiger partial charge in [-0.2, -0.15) is 16.7 Å². The Hall–Kier alpha value is -0.550. The van der Waals surface area contributed by atoms with Crippen LogP contribution in [0.25, 0.3) is 0 Å². The van der Waals surface area contributed by atoms with Crippen LogP contribution in [0.2, 0.25) is 0 Å². The fourth-order valence-electron chi connectivity index (χ4n) is 2.34. The van der Waals surface area contributed by atoms with Gasteiger partial charge in [0.05, 0.1) is 11.2 Å². The molecule has 2 N–H and O–H groups in total. The van der Waals surface area contributed by atoms with E-state index in [0.717, 1.165) is 43.2 Å². The molecule has 0 aliphatic heterocycles. The summed E-state index contributed by atoms with van der Waals surface area (Å²) in [5.74, 6) is 2.35. The Kier molecular flexibility index (Phi) is 4.33. The first-order chi connectivity index (χ1) is 8.56. The van der Waals surface area contributed by atoms with E-state index >= 15 is 0 Å². The van der Waals surface area contributed by atoms with Crippen molar-refractivity contribution in [3.8, 4) is 0 Å². The standard InChI is InChI=1S/C13H23N3OS/c1-4-9(2)18-8-11-15-12(17-16-11)13(3)7-5-6-10(13)14/h9-10H,4-8,14H2,1-3H3. The normalized spacial score (nSPS) is 29.7. The Bertz CT molecular complexity index is 395. The first-order valence-electron chi connectivity index (χ1n) is 6.76. The smallest absolute Gasteiger partial charge is 0.234 e. The highest BCUT2D eigenvalue weighted by Crippen LogP contribution is 2.39. The number of thioether (sulfide) groups is 1. The molecule has 3 unspecified atom stereocenters. The van der Waals surface area contributed by atoms with E-state index in [2.05, 4.69) is 30.9 Å². The van der Waals surface area contributed by atoms with Crippen LogP contribution < -0.4 is 5.73 Å². The second kappa shape index (κ2) is 5.61. The average Bonchev–Trinajstić information content (AvgIpc) is 2.95. The summed E-state index contributed by atoms with van der Waals surface area (Å²) in [4.78, 5) is 4.54. The third-order valence-corrected chi connectivity index (χ3v) is 5.39. The lowest BCUT2D eigenvalue weighted by atomic mass is 9.85. The van der Waals surface area contributed by atoms with Gasteiger partial charge in [-0.3, -0.25) is 0 Å². The molecule has 1 fully saturated rings. The monoisotopic (exact) mass is 269 g/mol. The molecule has 1 aliphatic carbocycles. The molecule has 1 aliphatic rings. The molecule has 3 atom stereocenters. The van der Waals surface area contributed by atoms with Gasteiger partial charge in [-0.15, -0.1) is 0 Å². The van der Waals surface area contributed by atoms with E-state index in [1.165, 1.54) is 0 Å². The molecule has 1 saturated carbocycles. The molecule has 4 nitrogen and oxygen atoms in total. The van der Waals surface area contributed by atoms with Gasteiger partial charge in [-0.1, -0.05) is 25.4 Å². The Labute approximate surface area is 113 Å². The number of hydrogen-bond donors (Lipinski definition) is 1. The molecule has 0 amide bonds. The van der Waals surface area contributed by atoms with E-state index < -0.39 is 0 Å². The Morgan fingerprint density at radius 3 is 3.00 bits per heavy atom. The number of nitrogens with two attached hydrogens (primary N) is 1. The first kappa shape index (κ1) is 13.9. The molecule has 1 heterocycles. The van der Waals surface area contributed by atoms with Gasteiger partial charge in [0.2, 0.25) is 5.89 Å². The molecule has 0 spiro atoms. The van der Waals surface area contributed by atoms with E-state index in [9.17, 15) is 0 Å². The van der Waals surface area contributed by atoms with Crippen molar-refractivity contribution in [3.05, 3.63) is 11.7 Å². The quantitative estimate of drug-likeness (QED) is 0.890. The minimum absolute atomic E-state index is 0.119. The topological polar surface area (TPSA) is 64.9 Å². The predicted molar refractivity (Wildman–Crippen MR) is 74.5 cm³/mol. The second-order valence-electron chi connectivity index (χ2n) is 5.46. The average molecular weight is 269 g/mol. The van der Waals surface area contributed by atoms with Gasteiger partial charge in [0.25, 0.3) is 0 Å². The summed E-state index contributed by atoms with van der Waals surface area (Å²) in [5.41, 5.74) is 6.05. The van der Waals surface area contributed by atoms with Crippen LogP contribution in [-0.2, 0) is 11.2 Å². The molecule has 0 bridgehead atoms. The maximum absolute atomic E-state index is 6.17. The Morgan fingerprint density at radius 2 is 2.39 bits per heavy atom. The molecule has 1 aromatic rings. The van der Waals surface area contributed by atoms with Crippen LogP contribution in [0.3, 0.4) is 0 Å². The molecule has 18 heavy (non-hydrogen) atoms. The lowest BCUT2D eigenvalue weighted by Crippen LogP contribution is -2.38. The highest BCUT2D eigenvalue weighted by molar-refractivity contribution is 7.99. The van der Waals surface area contributed by atoms with Gasteiger partial charge in [-0.05, 0) is 26.2 Å². The summed E-state index contributed by atoms with van der Waals surface area (Å²) < 4.78 is 5.43. The van der Waals surface area contributed by atoms with Gasteiger partial charge >= 0.3 is 0 Å². The largest absolute Gasteiger partial charge is 0.339 e. The van der Waals surface area contributed by atoms with E-state index in [4.69, 9.17) is 10.3 Å². The number of rotatable bonds is 5. The van der Waals surface area contributed by atoms with Gasteiger partial charge in [-0.25, -0.2) is 0 Å². The van der Waals surface area contributed by atoms with Gasteiger partial charge in [0.1, 0.15) is 0 Å². The minimum Gasteiger partial charge on any atom is -0.339 e. The molecular weight excluding hydrogens is 246 g/mol. The first-order valence-corrected chi connectivity index (χ1v) is 7.81. The Balaban J connectivity index is 2.02. The number of aromatic nitrogens is 2. The van der Waals surface area contributed by atoms with Crippen molar-refractivity contribution >= 4 is 11.8 Å². The number of nitrogens with zero attached hydrogens (tertiary/aromatic N) is 2. The van der Waals surface area contributed by atoms with E-state index in [1.807, 2.05) is 11.8 Å². The zero-order valence-corrected chi connectivity index (χ0v) is 12.3. The summed E-state index contributed by atoms with van der Waals surface area (Å²) in [7, 11) is 0. The van der Waals surface area contributed by atoms with Crippen molar-refractivity contribution in [2.75, 3.05) is 0 Å². The van der Waals surface area contributed by atoms with Crippen molar-refractivity contribution < 1.29 is 4.52 Å². The van der Waals surface area contributed by atoms with Crippen molar-refractivity contribution in [1.82, 2.24) is 10.1 Å². The van der Waals surface area contributed by atoms with Gasteiger partial charge < -0.3 is 10.3 Å². The summed E-state index contributed by atoms with van der Waals surface area (Å²) >= 11 is 1.87. The third-order valence-electron chi connectivity index (χ3n) is 4.06. The van der Waals surface area contributed by atoms with Gasteiger partial charge in [0.15, 0.2) is 5.82 Å². The lowest BCUT2D eigenvalue weighted by molar-refractivity contribution is 0.277. The van der Waals surface area contributed by atoms with Crippen LogP contribution >= 0.6 is 11.8 Å². The summed E-state index contributed by atoms with van der Waals surface area (Å²) in [6.07, 6.45) is 4.42. The lowest BCUT2D eigenvalue weighted by Gasteiger charge is -2.23. The molecule has 5 heteroatoms. The van der Waals surface area contributed by atoms with Crippen molar-refractivity contribution in [2.24, 2.45) is 5.73 Å². The fraction of sp³-hybridized carbons (Fsp3) is 0.846. The summed E-state index contributed by atoms with van der Waals surface area (Å²) in [6, 6.07) is 0.146. The van der Waals surface area contributed by atoms with Crippen LogP contribution in [0.4, 0.5) is 0 Å². The van der Waals surface area contributed by atoms with Crippen LogP contribution in [0.1, 0.15) is 58.2 Å². The van der Waals surface area contributed by atoms with Crippen LogP contribution in [0.15, 0.2) is 4.52 Å². The van der Waals surface area contributed by atoms with Crippen molar-refractivity contribution in [3.63, 3.8) is 0 Å². The molecular formula is C13H23N3OS. The van der Waals surface area contributed by atoms with E-state index in [1.54, 1.807) is 0 Å². The SMILES string of the molecule is CCC(C)SCc1noc(C2(C)CCCC2N)n1. The third kappa shape index (κ3) is 2.72. The fourth-order valence-corrected chi connectivity index (χ4v) is 3.12. The van der Waals surface area contributed by atoms with Crippen LogP contribution in [0, 0.1) is 0 Å². The summed E-state index contributed by atoms with van der Waals surface area (Å²) in [5, 5.41) is 4.72. The molecule has 0 radical (unpaired) electrons. The van der Waals surface area contributed by atoms with Crippen molar-refractivity contribution in [1.29, 1.82) is 0 Å². The minimum atomic E-state index is -0.119. The maximum Gasteiger partial charge on any atom is 0.234 e. The van der Waals surface area contributed by atoms with Gasteiger partial charge in [0, 0.05) is 11.3 Å². The van der Waals surface area contributed by atoms with E-state index in [-0.39, 0.29) is 11.5 Å². The van der Waals surface area contributed by atoms with Crippen LogP contribution in [-0.4, -0.2) is 21.4 Å². The molecule has 2 rings (SSSR count). The number of hydrogen-bond acceptors (Lipinski definition) is 5. The summed E-state index contributed by atoms with van der Waals surface area (Å²) in [6.45, 7) is 6.56. The van der Waals surface area contributed by atoms with Crippen molar-refractivity contribution in [2.45, 2.75) is 68.9 Å². The molecule has 0 aromatic carbocycles. The van der Waals surface area contributed by atoms with E-state index in [0.29, 0.717) is 5.25 Å². The highest BCUT2D eigenvalue weighted by atomic mass is 32.2. The predicted octanol–water partition coefficient (Wildman–Crippen LogP) is 2.87. The Morgan fingerprint density at radius 1 is 1.61 bits per heavy atom. The second-order valence-corrected chi connectivity index (χ2v) is 6.89. The molecule has 0 saturated heterocycles. The molecule has 1 aromatic heterocycles. The van der Waals surface area contributed by atoms with Crippen LogP contribution in [0.5, 0.6) is 0 Å². The zero-order chi connectivity index (χ0) is 13.2. The zero-order valence-electron chi connectivity index (χ0n) is 11.5. The highest BCUT2D eigenvalue weighted by Gasteiger charge is 2.42. The molecule has 102 valence electrons.